The van der Waals surface area contributed by atoms with Crippen molar-refractivity contribution >= 4 is 6.08 Å². The SMILES string of the molecule is Cc1cccc2c1C=[C-]C2C.[Zr+2].c1cc[cH-]c1. The van der Waals surface area contributed by atoms with Gasteiger partial charge in [-0.1, -0.05) is 38.0 Å². The number of rotatable bonds is 0. The van der Waals surface area contributed by atoms with Crippen molar-refractivity contribution in [3.05, 3.63) is 71.3 Å². The molecule has 0 fully saturated rings. The number of hydrogen-bond acceptors (Lipinski definition) is 0. The third kappa shape index (κ3) is 3.58. The molecule has 84 valence electrons. The molecule has 2 aromatic carbocycles. The molecule has 0 saturated heterocycles. The second kappa shape index (κ2) is 6.81. The summed E-state index contributed by atoms with van der Waals surface area (Å²) in [6.45, 7) is 4.33. The zero-order chi connectivity index (χ0) is 11.4. The molecule has 3 rings (SSSR count). The van der Waals surface area contributed by atoms with Gasteiger partial charge in [-0.2, -0.15) is 23.8 Å². The summed E-state index contributed by atoms with van der Waals surface area (Å²) < 4.78 is 0. The molecule has 17 heavy (non-hydrogen) atoms. The summed E-state index contributed by atoms with van der Waals surface area (Å²) in [4.78, 5) is 0. The topological polar surface area (TPSA) is 0 Å². The molecular formula is C16H16Zr. The van der Waals surface area contributed by atoms with Crippen molar-refractivity contribution in [3.8, 4) is 0 Å². The third-order valence-electron chi connectivity index (χ3n) is 2.86. The summed E-state index contributed by atoms with van der Waals surface area (Å²) in [5, 5.41) is 0. The monoisotopic (exact) mass is 298 g/mol. The maximum Gasteiger partial charge on any atom is 2.00 e. The second-order valence-corrected chi connectivity index (χ2v) is 4.07. The number of fused-ring (bicyclic) bond motifs is 1. The van der Waals surface area contributed by atoms with Gasteiger partial charge in [-0.25, -0.2) is 18.2 Å². The average molecular weight is 300 g/mol. The first-order valence-corrected chi connectivity index (χ1v) is 5.64. The Bertz CT molecular complexity index is 449. The van der Waals surface area contributed by atoms with Crippen LogP contribution in [0.1, 0.15) is 29.5 Å². The zero-order valence-electron chi connectivity index (χ0n) is 10.3. The first kappa shape index (κ1) is 14.3. The molecule has 0 nitrogen and oxygen atoms in total. The Morgan fingerprint density at radius 3 is 2.35 bits per heavy atom. The van der Waals surface area contributed by atoms with Crippen LogP contribution in [-0.4, -0.2) is 0 Å². The Balaban J connectivity index is 0.000000205. The third-order valence-corrected chi connectivity index (χ3v) is 2.86. The van der Waals surface area contributed by atoms with Crippen molar-refractivity contribution in [1.82, 2.24) is 0 Å². The van der Waals surface area contributed by atoms with E-state index in [-0.39, 0.29) is 26.2 Å². The van der Waals surface area contributed by atoms with Gasteiger partial charge >= 0.3 is 26.2 Å². The largest absolute Gasteiger partial charge is 2.00 e. The molecule has 2 aromatic rings. The van der Waals surface area contributed by atoms with Crippen LogP contribution in [-0.2, 0) is 26.2 Å². The van der Waals surface area contributed by atoms with Crippen molar-refractivity contribution in [2.45, 2.75) is 19.8 Å². The van der Waals surface area contributed by atoms with Gasteiger partial charge in [-0.3, -0.25) is 6.08 Å². The summed E-state index contributed by atoms with van der Waals surface area (Å²) in [5.41, 5.74) is 4.16. The second-order valence-electron chi connectivity index (χ2n) is 4.07. The van der Waals surface area contributed by atoms with E-state index >= 15 is 0 Å². The van der Waals surface area contributed by atoms with E-state index in [0.29, 0.717) is 5.92 Å². The smallest absolute Gasteiger partial charge is 0.269 e. The minimum atomic E-state index is 0. The molecule has 0 spiro atoms. The van der Waals surface area contributed by atoms with Crippen LogP contribution >= 0.6 is 0 Å². The van der Waals surface area contributed by atoms with Gasteiger partial charge in [-0.15, -0.1) is 11.1 Å². The minimum Gasteiger partial charge on any atom is -0.269 e. The Morgan fingerprint density at radius 1 is 1.12 bits per heavy atom. The molecule has 0 heterocycles. The van der Waals surface area contributed by atoms with Gasteiger partial charge in [0.15, 0.2) is 0 Å². The van der Waals surface area contributed by atoms with Crippen LogP contribution in [0, 0.1) is 13.0 Å². The van der Waals surface area contributed by atoms with E-state index in [9.17, 15) is 0 Å². The maximum atomic E-state index is 3.30. The van der Waals surface area contributed by atoms with Crippen LogP contribution in [0.5, 0.6) is 0 Å². The van der Waals surface area contributed by atoms with Crippen LogP contribution < -0.4 is 0 Å². The Morgan fingerprint density at radius 2 is 1.82 bits per heavy atom. The summed E-state index contributed by atoms with van der Waals surface area (Å²) in [7, 11) is 0. The van der Waals surface area contributed by atoms with Crippen molar-refractivity contribution < 1.29 is 26.2 Å². The van der Waals surface area contributed by atoms with Gasteiger partial charge in [0.05, 0.1) is 0 Å². The predicted octanol–water partition coefficient (Wildman–Crippen LogP) is 4.33. The number of allylic oxidation sites excluding steroid dienone is 1. The van der Waals surface area contributed by atoms with Crippen LogP contribution in [0.4, 0.5) is 0 Å². The summed E-state index contributed by atoms with van der Waals surface area (Å²) >= 11 is 0. The summed E-state index contributed by atoms with van der Waals surface area (Å²) in [5.74, 6) is 0.491. The van der Waals surface area contributed by atoms with Crippen LogP contribution in [0.2, 0.25) is 0 Å². The predicted molar refractivity (Wildman–Crippen MR) is 69.3 cm³/mol. The molecule has 0 saturated carbocycles. The fourth-order valence-corrected chi connectivity index (χ4v) is 1.90. The number of benzene rings is 1. The van der Waals surface area contributed by atoms with Gasteiger partial charge in [0.2, 0.25) is 0 Å². The molecule has 0 amide bonds. The minimum absolute atomic E-state index is 0. The normalized spacial score (nSPS) is 15.5. The fourth-order valence-electron chi connectivity index (χ4n) is 1.90. The maximum absolute atomic E-state index is 3.30. The van der Waals surface area contributed by atoms with E-state index in [0.717, 1.165) is 0 Å². The average Bonchev–Trinajstić information content (AvgIpc) is 2.93. The van der Waals surface area contributed by atoms with Gasteiger partial charge < -0.3 is 0 Å². The van der Waals surface area contributed by atoms with E-state index in [4.69, 9.17) is 0 Å². The Hall–Kier alpha value is -0.807. The van der Waals surface area contributed by atoms with Crippen LogP contribution in [0.3, 0.4) is 0 Å². The van der Waals surface area contributed by atoms with Crippen molar-refractivity contribution in [1.29, 1.82) is 0 Å². The molecule has 1 aliphatic rings. The van der Waals surface area contributed by atoms with Crippen molar-refractivity contribution in [2.75, 3.05) is 0 Å². The molecule has 0 aliphatic heterocycles. The quantitative estimate of drug-likeness (QED) is 0.635. The number of hydrogen-bond donors (Lipinski definition) is 0. The Kier molecular flexibility index (Phi) is 5.71. The van der Waals surface area contributed by atoms with Crippen LogP contribution in [0.15, 0.2) is 48.5 Å². The Labute approximate surface area is 123 Å². The van der Waals surface area contributed by atoms with Gasteiger partial charge in [0.1, 0.15) is 0 Å². The van der Waals surface area contributed by atoms with Gasteiger partial charge in [0.25, 0.3) is 0 Å². The molecular weight excluding hydrogens is 283 g/mol. The van der Waals surface area contributed by atoms with E-state index in [1.807, 2.05) is 30.3 Å². The molecule has 1 heteroatoms. The van der Waals surface area contributed by atoms with E-state index in [1.54, 1.807) is 0 Å². The molecule has 0 N–H and O–H groups in total. The summed E-state index contributed by atoms with van der Waals surface area (Å²) in [6.07, 6.45) is 5.41. The number of aryl methyl sites for hydroxylation is 1. The molecule has 0 radical (unpaired) electrons. The van der Waals surface area contributed by atoms with E-state index in [2.05, 4.69) is 44.2 Å². The summed E-state index contributed by atoms with van der Waals surface area (Å²) in [6, 6.07) is 16.4. The molecule has 1 unspecified atom stereocenters. The first-order chi connectivity index (χ1) is 7.79. The van der Waals surface area contributed by atoms with Gasteiger partial charge in [0, 0.05) is 0 Å². The van der Waals surface area contributed by atoms with Crippen molar-refractivity contribution in [2.24, 2.45) is 0 Å². The molecule has 0 aromatic heterocycles. The van der Waals surface area contributed by atoms with Gasteiger partial charge in [-0.05, 0) is 0 Å². The molecule has 1 atom stereocenters. The fraction of sp³-hybridized carbons (Fsp3) is 0.188. The molecule has 1 aliphatic carbocycles. The van der Waals surface area contributed by atoms with Crippen LogP contribution in [0.25, 0.3) is 6.08 Å². The standard InChI is InChI=1S/C11H11.C5H5.Zr/c1-8-4-3-5-10-9(2)6-7-11(8)10;1-2-4-5-3-1;/h3-5,7,9H,1-2H3;1-5H;/q2*-1;+2. The van der Waals surface area contributed by atoms with Crippen molar-refractivity contribution in [3.63, 3.8) is 0 Å². The van der Waals surface area contributed by atoms with E-state index in [1.165, 1.54) is 16.7 Å². The first-order valence-electron chi connectivity index (χ1n) is 5.64. The zero-order valence-corrected chi connectivity index (χ0v) is 12.7. The molecule has 0 bridgehead atoms. The van der Waals surface area contributed by atoms with E-state index < -0.39 is 0 Å².